The van der Waals surface area contributed by atoms with Crippen LogP contribution in [-0.2, 0) is 13.1 Å². The van der Waals surface area contributed by atoms with E-state index in [0.29, 0.717) is 6.04 Å². The third kappa shape index (κ3) is 2.15. The first-order chi connectivity index (χ1) is 7.93. The van der Waals surface area contributed by atoms with Crippen molar-refractivity contribution >= 4 is 11.3 Å². The molecule has 0 aliphatic heterocycles. The summed E-state index contributed by atoms with van der Waals surface area (Å²) in [5.41, 5.74) is 4.26. The monoisotopic (exact) mass is 234 g/mol. The van der Waals surface area contributed by atoms with Crippen LogP contribution in [0.4, 0.5) is 0 Å². The van der Waals surface area contributed by atoms with Gasteiger partial charge in [0.1, 0.15) is 0 Å². The molecule has 0 radical (unpaired) electrons. The Bertz CT molecular complexity index is 444. The molecule has 2 heterocycles. The van der Waals surface area contributed by atoms with Gasteiger partial charge in [0, 0.05) is 30.7 Å². The Hall–Kier alpha value is -1.20. The molecule has 0 amide bonds. The summed E-state index contributed by atoms with van der Waals surface area (Å²) in [6, 6.07) is 0.707. The van der Waals surface area contributed by atoms with Crippen molar-refractivity contribution < 1.29 is 0 Å². The Balaban J connectivity index is 1.56. The largest absolute Gasteiger partial charge is 0.330 e. The third-order valence-corrected chi connectivity index (χ3v) is 3.42. The van der Waals surface area contributed by atoms with Crippen molar-refractivity contribution in [1.82, 2.24) is 19.9 Å². The Labute approximate surface area is 98.4 Å². The molecule has 2 aromatic heterocycles. The van der Waals surface area contributed by atoms with Crippen LogP contribution < -0.4 is 5.32 Å². The van der Waals surface area contributed by atoms with Gasteiger partial charge in [0.25, 0.3) is 0 Å². The van der Waals surface area contributed by atoms with Gasteiger partial charge < -0.3 is 9.88 Å². The van der Waals surface area contributed by atoms with Crippen molar-refractivity contribution in [3.63, 3.8) is 0 Å². The maximum Gasteiger partial charge on any atom is 0.0951 e. The summed E-state index contributed by atoms with van der Waals surface area (Å²) in [5, 5.41) is 5.47. The Morgan fingerprint density at radius 1 is 1.44 bits per heavy atom. The van der Waals surface area contributed by atoms with E-state index in [0.717, 1.165) is 18.8 Å². The van der Waals surface area contributed by atoms with Gasteiger partial charge in [-0.3, -0.25) is 0 Å². The van der Waals surface area contributed by atoms with Crippen LogP contribution in [0.1, 0.15) is 30.3 Å². The predicted octanol–water partition coefficient (Wildman–Crippen LogP) is 1.96. The molecule has 0 saturated heterocycles. The minimum atomic E-state index is 0.707. The number of nitrogens with one attached hydrogen (secondary N) is 1. The minimum absolute atomic E-state index is 0.707. The highest BCUT2D eigenvalue weighted by molar-refractivity contribution is 7.07. The van der Waals surface area contributed by atoms with Crippen molar-refractivity contribution in [3.05, 3.63) is 34.8 Å². The van der Waals surface area contributed by atoms with E-state index >= 15 is 0 Å². The molecule has 1 fully saturated rings. The first-order valence-electron chi connectivity index (χ1n) is 5.52. The highest BCUT2D eigenvalue weighted by atomic mass is 32.1. The maximum absolute atomic E-state index is 4.24. The second kappa shape index (κ2) is 4.35. The summed E-state index contributed by atoms with van der Waals surface area (Å²) in [6.45, 7) is 1.70. The lowest BCUT2D eigenvalue weighted by Gasteiger charge is -2.06. The zero-order chi connectivity index (χ0) is 10.8. The van der Waals surface area contributed by atoms with Crippen LogP contribution >= 0.6 is 11.3 Å². The van der Waals surface area contributed by atoms with Gasteiger partial charge in [0.15, 0.2) is 0 Å². The molecule has 1 saturated carbocycles. The molecule has 1 N–H and O–H groups in total. The molecular formula is C11H14N4S. The highest BCUT2D eigenvalue weighted by Crippen LogP contribution is 2.35. The van der Waals surface area contributed by atoms with Crippen LogP contribution in [0.3, 0.4) is 0 Å². The van der Waals surface area contributed by atoms with Crippen LogP contribution in [0.5, 0.6) is 0 Å². The SMILES string of the molecule is c1nc(CNCc2cncn2C2CC2)cs1. The standard InChI is InChI=1S/C11H14N4S/c1-2-10(1)15-7-13-5-11(15)4-12-3-9-6-16-8-14-9/h5-8,10,12H,1-4H2. The number of imidazole rings is 1. The smallest absolute Gasteiger partial charge is 0.0951 e. The number of thiazole rings is 1. The molecule has 0 bridgehead atoms. The lowest BCUT2D eigenvalue weighted by Crippen LogP contribution is -2.15. The van der Waals surface area contributed by atoms with E-state index in [4.69, 9.17) is 0 Å². The zero-order valence-corrected chi connectivity index (χ0v) is 9.78. The third-order valence-electron chi connectivity index (χ3n) is 2.78. The van der Waals surface area contributed by atoms with E-state index < -0.39 is 0 Å². The molecule has 0 atom stereocenters. The van der Waals surface area contributed by atoms with Gasteiger partial charge in [-0.15, -0.1) is 11.3 Å². The van der Waals surface area contributed by atoms with E-state index in [1.165, 1.54) is 18.5 Å². The van der Waals surface area contributed by atoms with E-state index in [-0.39, 0.29) is 0 Å². The molecule has 5 heteroatoms. The lowest BCUT2D eigenvalue weighted by atomic mass is 10.4. The van der Waals surface area contributed by atoms with Gasteiger partial charge in [-0.1, -0.05) is 0 Å². The van der Waals surface area contributed by atoms with E-state index in [9.17, 15) is 0 Å². The normalized spacial score (nSPS) is 15.5. The fraction of sp³-hybridized carbons (Fsp3) is 0.455. The number of hydrogen-bond acceptors (Lipinski definition) is 4. The van der Waals surface area contributed by atoms with Gasteiger partial charge in [-0.25, -0.2) is 9.97 Å². The van der Waals surface area contributed by atoms with Crippen LogP contribution in [0.2, 0.25) is 0 Å². The second-order valence-corrected chi connectivity index (χ2v) is 4.83. The Kier molecular flexibility index (Phi) is 2.71. The maximum atomic E-state index is 4.24. The van der Waals surface area contributed by atoms with Crippen LogP contribution in [0, 0.1) is 0 Å². The van der Waals surface area contributed by atoms with Crippen molar-refractivity contribution in [3.8, 4) is 0 Å². The van der Waals surface area contributed by atoms with Crippen LogP contribution in [0.15, 0.2) is 23.4 Å². The summed E-state index contributed by atoms with van der Waals surface area (Å²) in [5.74, 6) is 0. The molecule has 84 valence electrons. The van der Waals surface area contributed by atoms with Gasteiger partial charge in [-0.2, -0.15) is 0 Å². The fourth-order valence-corrected chi connectivity index (χ4v) is 2.35. The van der Waals surface area contributed by atoms with E-state index in [2.05, 4.69) is 25.2 Å². The molecule has 16 heavy (non-hydrogen) atoms. The highest BCUT2D eigenvalue weighted by Gasteiger charge is 2.24. The summed E-state index contributed by atoms with van der Waals surface area (Å²) >= 11 is 1.64. The summed E-state index contributed by atoms with van der Waals surface area (Å²) in [7, 11) is 0. The van der Waals surface area contributed by atoms with Crippen LogP contribution in [0.25, 0.3) is 0 Å². The molecule has 3 rings (SSSR count). The molecular weight excluding hydrogens is 220 g/mol. The van der Waals surface area contributed by atoms with Crippen molar-refractivity contribution in [1.29, 1.82) is 0 Å². The van der Waals surface area contributed by atoms with Crippen molar-refractivity contribution in [2.75, 3.05) is 0 Å². The summed E-state index contributed by atoms with van der Waals surface area (Å²) in [6.07, 6.45) is 6.49. The predicted molar refractivity (Wildman–Crippen MR) is 63.2 cm³/mol. The number of aromatic nitrogens is 3. The molecule has 0 unspecified atom stereocenters. The van der Waals surface area contributed by atoms with Crippen LogP contribution in [-0.4, -0.2) is 14.5 Å². The molecule has 1 aliphatic carbocycles. The molecule has 0 aromatic carbocycles. The quantitative estimate of drug-likeness (QED) is 0.860. The van der Waals surface area contributed by atoms with E-state index in [1.807, 2.05) is 18.0 Å². The molecule has 2 aromatic rings. The minimum Gasteiger partial charge on any atom is -0.330 e. The number of nitrogens with zero attached hydrogens (tertiary/aromatic N) is 3. The second-order valence-electron chi connectivity index (χ2n) is 4.11. The average molecular weight is 234 g/mol. The zero-order valence-electron chi connectivity index (χ0n) is 8.97. The first-order valence-corrected chi connectivity index (χ1v) is 6.46. The van der Waals surface area contributed by atoms with E-state index in [1.54, 1.807) is 11.3 Å². The summed E-state index contributed by atoms with van der Waals surface area (Å²) in [4.78, 5) is 8.45. The fourth-order valence-electron chi connectivity index (χ4n) is 1.79. The van der Waals surface area contributed by atoms with Gasteiger partial charge >= 0.3 is 0 Å². The first kappa shape index (κ1) is 9.99. The number of hydrogen-bond donors (Lipinski definition) is 1. The Morgan fingerprint density at radius 3 is 3.12 bits per heavy atom. The summed E-state index contributed by atoms with van der Waals surface area (Å²) < 4.78 is 2.29. The average Bonchev–Trinajstić information content (AvgIpc) is 2.82. The van der Waals surface area contributed by atoms with Gasteiger partial charge in [-0.05, 0) is 12.8 Å². The lowest BCUT2D eigenvalue weighted by molar-refractivity contribution is 0.616. The van der Waals surface area contributed by atoms with Gasteiger partial charge in [0.05, 0.1) is 23.2 Å². The van der Waals surface area contributed by atoms with Crippen molar-refractivity contribution in [2.24, 2.45) is 0 Å². The topological polar surface area (TPSA) is 42.7 Å². The molecule has 0 spiro atoms. The van der Waals surface area contributed by atoms with Gasteiger partial charge in [0.2, 0.25) is 0 Å². The molecule has 1 aliphatic rings. The number of rotatable bonds is 5. The molecule has 4 nitrogen and oxygen atoms in total. The van der Waals surface area contributed by atoms with Crippen molar-refractivity contribution in [2.45, 2.75) is 32.0 Å². The Morgan fingerprint density at radius 2 is 2.38 bits per heavy atom.